The highest BCUT2D eigenvalue weighted by molar-refractivity contribution is 7.10. The monoisotopic (exact) mass is 434 g/mol. The van der Waals surface area contributed by atoms with Gasteiger partial charge in [0.25, 0.3) is 0 Å². The maximum Gasteiger partial charge on any atom is 0.244 e. The fourth-order valence-electron chi connectivity index (χ4n) is 3.22. The highest BCUT2D eigenvalue weighted by Crippen LogP contribution is 2.24. The van der Waals surface area contributed by atoms with E-state index in [-0.39, 0.29) is 12.5 Å². The number of carbonyl (C=O) groups is 1. The number of nitrogens with zero attached hydrogens (tertiary/aromatic N) is 2. The number of rotatable bonds is 7. The van der Waals surface area contributed by atoms with E-state index in [0.29, 0.717) is 24.1 Å². The van der Waals surface area contributed by atoms with Gasteiger partial charge in [0.05, 0.1) is 7.11 Å². The first-order valence-corrected chi connectivity index (χ1v) is 11.0. The Labute approximate surface area is 180 Å². The third-order valence-corrected chi connectivity index (χ3v) is 6.20. The summed E-state index contributed by atoms with van der Waals surface area (Å²) in [6.45, 7) is 4.98. The van der Waals surface area contributed by atoms with E-state index < -0.39 is 0 Å². The van der Waals surface area contributed by atoms with Gasteiger partial charge in [0.2, 0.25) is 5.91 Å². The lowest BCUT2D eigenvalue weighted by molar-refractivity contribution is -0.130. The number of aliphatic imine (C=N–C) groups is 1. The zero-order chi connectivity index (χ0) is 20.6. The molecular weight excluding hydrogens is 408 g/mol. The van der Waals surface area contributed by atoms with Gasteiger partial charge >= 0.3 is 0 Å². The van der Waals surface area contributed by atoms with Crippen molar-refractivity contribution in [2.75, 3.05) is 33.3 Å². The predicted molar refractivity (Wildman–Crippen MR) is 119 cm³/mol. The Morgan fingerprint density at radius 3 is 2.97 bits per heavy atom. The summed E-state index contributed by atoms with van der Waals surface area (Å²) in [6, 6.07) is 7.78. The van der Waals surface area contributed by atoms with Crippen LogP contribution in [0.5, 0.6) is 5.75 Å². The minimum Gasteiger partial charge on any atom is -0.497 e. The molecule has 2 heterocycles. The van der Waals surface area contributed by atoms with Crippen molar-refractivity contribution in [1.29, 1.82) is 0 Å². The number of fused-ring (bicyclic) bond motifs is 1. The Balaban J connectivity index is 1.51. The highest BCUT2D eigenvalue weighted by atomic mass is 35.5. The molecule has 0 spiro atoms. The predicted octanol–water partition coefficient (Wildman–Crippen LogP) is 3.09. The molecule has 2 N–H and O–H groups in total. The second-order valence-electron chi connectivity index (χ2n) is 6.76. The van der Waals surface area contributed by atoms with Gasteiger partial charge in [0.15, 0.2) is 5.96 Å². The van der Waals surface area contributed by atoms with Crippen LogP contribution in [-0.2, 0) is 24.2 Å². The van der Waals surface area contributed by atoms with Crippen LogP contribution in [0.2, 0.25) is 5.02 Å². The van der Waals surface area contributed by atoms with Gasteiger partial charge in [-0.15, -0.1) is 11.3 Å². The number of guanidine groups is 1. The van der Waals surface area contributed by atoms with Gasteiger partial charge in [-0.3, -0.25) is 4.79 Å². The van der Waals surface area contributed by atoms with Gasteiger partial charge in [-0.25, -0.2) is 4.99 Å². The number of carbonyl (C=O) groups excluding carboxylic acids is 1. The summed E-state index contributed by atoms with van der Waals surface area (Å²) < 4.78 is 5.18. The maximum absolute atomic E-state index is 12.6. The van der Waals surface area contributed by atoms with Gasteiger partial charge in [-0.1, -0.05) is 17.7 Å². The van der Waals surface area contributed by atoms with Gasteiger partial charge in [0.1, 0.15) is 12.3 Å². The summed E-state index contributed by atoms with van der Waals surface area (Å²) in [5.74, 6) is 1.43. The van der Waals surface area contributed by atoms with E-state index in [9.17, 15) is 4.79 Å². The molecule has 0 radical (unpaired) electrons. The lowest BCUT2D eigenvalue weighted by Crippen LogP contribution is -2.41. The van der Waals surface area contributed by atoms with Gasteiger partial charge in [-0.2, -0.15) is 0 Å². The Morgan fingerprint density at radius 2 is 2.21 bits per heavy atom. The maximum atomic E-state index is 12.6. The lowest BCUT2D eigenvalue weighted by atomic mass is 10.1. The van der Waals surface area contributed by atoms with Crippen molar-refractivity contribution in [3.63, 3.8) is 0 Å². The SMILES string of the molecule is CCNC(=NCC(=O)N1CCc2sccc2C1)NCCc1ccc(OC)cc1Cl. The molecule has 1 aliphatic rings. The summed E-state index contributed by atoms with van der Waals surface area (Å²) in [7, 11) is 1.62. The van der Waals surface area contributed by atoms with E-state index in [4.69, 9.17) is 16.3 Å². The Hall–Kier alpha value is -2.25. The largest absolute Gasteiger partial charge is 0.497 e. The number of amides is 1. The van der Waals surface area contributed by atoms with Crippen LogP contribution in [0.3, 0.4) is 0 Å². The highest BCUT2D eigenvalue weighted by Gasteiger charge is 2.21. The smallest absolute Gasteiger partial charge is 0.244 e. The molecule has 29 heavy (non-hydrogen) atoms. The molecule has 3 rings (SSSR count). The number of ether oxygens (including phenoxy) is 1. The summed E-state index contributed by atoms with van der Waals surface area (Å²) in [5, 5.41) is 9.24. The number of thiophene rings is 1. The van der Waals surface area contributed by atoms with E-state index in [1.807, 2.05) is 30.0 Å². The molecule has 0 aliphatic carbocycles. The molecule has 0 bridgehead atoms. The molecule has 1 amide bonds. The van der Waals surface area contributed by atoms with Gasteiger partial charge < -0.3 is 20.3 Å². The second kappa shape index (κ2) is 10.5. The average molecular weight is 435 g/mol. The summed E-state index contributed by atoms with van der Waals surface area (Å²) >= 11 is 8.07. The molecule has 0 fully saturated rings. The summed E-state index contributed by atoms with van der Waals surface area (Å²) in [4.78, 5) is 20.3. The van der Waals surface area contributed by atoms with Gasteiger partial charge in [0, 0.05) is 36.1 Å². The normalized spacial score (nSPS) is 13.8. The molecular formula is C21H27ClN4O2S. The first kappa shape index (κ1) is 21.5. The quantitative estimate of drug-likeness (QED) is 0.519. The van der Waals surface area contributed by atoms with Crippen molar-refractivity contribution in [3.8, 4) is 5.75 Å². The second-order valence-corrected chi connectivity index (χ2v) is 8.17. The lowest BCUT2D eigenvalue weighted by Gasteiger charge is -2.26. The van der Waals surface area contributed by atoms with Crippen molar-refractivity contribution in [2.24, 2.45) is 4.99 Å². The molecule has 1 aliphatic heterocycles. The van der Waals surface area contributed by atoms with Crippen LogP contribution in [0.25, 0.3) is 0 Å². The molecule has 0 saturated carbocycles. The van der Waals surface area contributed by atoms with E-state index in [0.717, 1.165) is 37.2 Å². The van der Waals surface area contributed by atoms with Crippen LogP contribution in [0.15, 0.2) is 34.6 Å². The molecule has 8 heteroatoms. The van der Waals surface area contributed by atoms with E-state index in [2.05, 4.69) is 27.1 Å². The van der Waals surface area contributed by atoms with Crippen LogP contribution in [0, 0.1) is 0 Å². The molecule has 156 valence electrons. The standard InChI is InChI=1S/C21H27ClN4O2S/c1-3-23-21(24-9-6-15-4-5-17(28-2)12-18(15)22)25-13-20(27)26-10-7-19-16(14-26)8-11-29-19/h4-5,8,11-12H,3,6-7,9-10,13-14H2,1-2H3,(H2,23,24,25). The van der Waals surface area contributed by atoms with E-state index in [1.165, 1.54) is 10.4 Å². The average Bonchev–Trinajstić information content (AvgIpc) is 3.20. The van der Waals surface area contributed by atoms with Crippen molar-refractivity contribution in [2.45, 2.75) is 26.3 Å². The van der Waals surface area contributed by atoms with Crippen LogP contribution in [0.4, 0.5) is 0 Å². The number of hydrogen-bond donors (Lipinski definition) is 2. The molecule has 1 aromatic heterocycles. The Morgan fingerprint density at radius 1 is 1.34 bits per heavy atom. The Bertz CT molecular complexity index is 868. The van der Waals surface area contributed by atoms with E-state index >= 15 is 0 Å². The number of methoxy groups -OCH3 is 1. The van der Waals surface area contributed by atoms with Crippen LogP contribution in [0.1, 0.15) is 22.9 Å². The topological polar surface area (TPSA) is 66.0 Å². The molecule has 1 aromatic carbocycles. The van der Waals surface area contributed by atoms with Gasteiger partial charge in [-0.05, 0) is 54.5 Å². The molecule has 0 saturated heterocycles. The van der Waals surface area contributed by atoms with Crippen LogP contribution < -0.4 is 15.4 Å². The van der Waals surface area contributed by atoms with Crippen molar-refractivity contribution in [1.82, 2.24) is 15.5 Å². The zero-order valence-corrected chi connectivity index (χ0v) is 18.4. The zero-order valence-electron chi connectivity index (χ0n) is 16.8. The first-order valence-electron chi connectivity index (χ1n) is 9.78. The van der Waals surface area contributed by atoms with Crippen LogP contribution >= 0.6 is 22.9 Å². The number of halogens is 1. The number of benzene rings is 1. The fourth-order valence-corrected chi connectivity index (χ4v) is 4.38. The Kier molecular flexibility index (Phi) is 7.77. The fraction of sp³-hybridized carbons (Fsp3) is 0.429. The van der Waals surface area contributed by atoms with Crippen molar-refractivity contribution < 1.29 is 9.53 Å². The molecule has 0 unspecified atom stereocenters. The molecule has 6 nitrogen and oxygen atoms in total. The minimum absolute atomic E-state index is 0.0530. The summed E-state index contributed by atoms with van der Waals surface area (Å²) in [6.07, 6.45) is 1.68. The third kappa shape index (κ3) is 5.87. The number of hydrogen-bond acceptors (Lipinski definition) is 4. The summed E-state index contributed by atoms with van der Waals surface area (Å²) in [5.41, 5.74) is 2.30. The third-order valence-electron chi connectivity index (χ3n) is 4.82. The number of nitrogens with one attached hydrogen (secondary N) is 2. The molecule has 2 aromatic rings. The van der Waals surface area contributed by atoms with Crippen molar-refractivity contribution in [3.05, 3.63) is 50.7 Å². The minimum atomic E-state index is 0.0530. The molecule has 0 atom stereocenters. The van der Waals surface area contributed by atoms with E-state index in [1.54, 1.807) is 18.4 Å². The van der Waals surface area contributed by atoms with Crippen LogP contribution in [-0.4, -0.2) is 50.1 Å². The van der Waals surface area contributed by atoms with Crippen molar-refractivity contribution >= 4 is 34.8 Å². The first-order chi connectivity index (χ1) is 14.1.